The van der Waals surface area contributed by atoms with Gasteiger partial charge in [-0.3, -0.25) is 0 Å². The number of hydrogen-bond acceptors (Lipinski definition) is 2. The molecule has 0 bridgehead atoms. The van der Waals surface area contributed by atoms with E-state index in [1.807, 2.05) is 42.5 Å². The summed E-state index contributed by atoms with van der Waals surface area (Å²) in [6, 6.07) is 17.9. The van der Waals surface area contributed by atoms with Gasteiger partial charge < -0.3 is 10.1 Å². The van der Waals surface area contributed by atoms with E-state index in [0.29, 0.717) is 5.17 Å². The summed E-state index contributed by atoms with van der Waals surface area (Å²) < 4.78 is 5.62. The molecule has 0 unspecified atom stereocenters. The zero-order chi connectivity index (χ0) is 14.9. The Morgan fingerprint density at radius 3 is 2.38 bits per heavy atom. The number of ether oxygens (including phenoxy) is 1. The Bertz CT molecular complexity index is 551. The van der Waals surface area contributed by atoms with Crippen LogP contribution in [0, 0.1) is 0 Å². The monoisotopic (exact) mass is 299 g/mol. The molecule has 0 fully saturated rings. The largest absolute Gasteiger partial charge is 0.432 e. The van der Waals surface area contributed by atoms with Crippen LogP contribution in [0.1, 0.15) is 31.7 Å². The van der Waals surface area contributed by atoms with Gasteiger partial charge in [0.15, 0.2) is 0 Å². The molecule has 21 heavy (non-hydrogen) atoms. The minimum absolute atomic E-state index is 0.361. The Balaban J connectivity index is 1.83. The quantitative estimate of drug-likeness (QED) is 0.585. The molecule has 2 rings (SSSR count). The fourth-order valence-corrected chi connectivity index (χ4v) is 2.29. The number of anilines is 1. The van der Waals surface area contributed by atoms with E-state index in [1.54, 1.807) is 0 Å². The predicted octanol–water partition coefficient (Wildman–Crippen LogP) is 5.20. The zero-order valence-corrected chi connectivity index (χ0v) is 13.2. The summed E-state index contributed by atoms with van der Waals surface area (Å²) in [4.78, 5) is 0. The summed E-state index contributed by atoms with van der Waals surface area (Å²) >= 11 is 5.20. The second-order valence-corrected chi connectivity index (χ2v) is 5.35. The van der Waals surface area contributed by atoms with Gasteiger partial charge in [0, 0.05) is 5.69 Å². The Hall–Kier alpha value is -1.87. The lowest BCUT2D eigenvalue weighted by atomic mass is 10.1. The van der Waals surface area contributed by atoms with E-state index in [0.717, 1.165) is 17.9 Å². The maximum atomic E-state index is 5.62. The van der Waals surface area contributed by atoms with Gasteiger partial charge in [-0.2, -0.15) is 0 Å². The van der Waals surface area contributed by atoms with Crippen LogP contribution in [-0.2, 0) is 6.42 Å². The number of benzene rings is 2. The van der Waals surface area contributed by atoms with Crippen LogP contribution in [-0.4, -0.2) is 5.17 Å². The first-order chi connectivity index (χ1) is 10.3. The third-order valence-electron chi connectivity index (χ3n) is 3.22. The molecule has 0 saturated carbocycles. The highest BCUT2D eigenvalue weighted by molar-refractivity contribution is 7.80. The number of hydrogen-bond donors (Lipinski definition) is 1. The summed E-state index contributed by atoms with van der Waals surface area (Å²) in [6.07, 6.45) is 4.90. The first-order valence-electron chi connectivity index (χ1n) is 7.41. The Kier molecular flexibility index (Phi) is 6.22. The third kappa shape index (κ3) is 5.56. The van der Waals surface area contributed by atoms with Crippen molar-refractivity contribution < 1.29 is 4.74 Å². The van der Waals surface area contributed by atoms with Crippen molar-refractivity contribution in [2.24, 2.45) is 0 Å². The van der Waals surface area contributed by atoms with Crippen molar-refractivity contribution in [2.75, 3.05) is 5.32 Å². The van der Waals surface area contributed by atoms with Crippen LogP contribution in [0.25, 0.3) is 0 Å². The fraction of sp³-hybridized carbons (Fsp3) is 0.278. The standard InChI is InChI=1S/C18H21NOS/c1-2-3-5-8-15-11-13-17(14-12-15)20-18(21)19-16-9-6-4-7-10-16/h4,6-7,9-14H,2-3,5,8H2,1H3,(H,19,21). The lowest BCUT2D eigenvalue weighted by molar-refractivity contribution is 0.563. The predicted molar refractivity (Wildman–Crippen MR) is 93.0 cm³/mol. The Morgan fingerprint density at radius 1 is 1.00 bits per heavy atom. The van der Waals surface area contributed by atoms with Crippen molar-refractivity contribution in [2.45, 2.75) is 32.6 Å². The van der Waals surface area contributed by atoms with Gasteiger partial charge in [-0.1, -0.05) is 50.1 Å². The molecule has 110 valence electrons. The SMILES string of the molecule is CCCCCc1ccc(OC(=S)Nc2ccccc2)cc1. The van der Waals surface area contributed by atoms with Gasteiger partial charge in [0.1, 0.15) is 5.75 Å². The average molecular weight is 299 g/mol. The molecule has 0 aromatic heterocycles. The number of nitrogens with one attached hydrogen (secondary N) is 1. The highest BCUT2D eigenvalue weighted by atomic mass is 32.1. The molecule has 0 aliphatic carbocycles. The molecule has 0 atom stereocenters. The van der Waals surface area contributed by atoms with Crippen molar-refractivity contribution >= 4 is 23.1 Å². The maximum absolute atomic E-state index is 5.62. The number of para-hydroxylation sites is 1. The molecule has 1 N–H and O–H groups in total. The normalized spacial score (nSPS) is 10.1. The number of unbranched alkanes of at least 4 members (excludes halogenated alkanes) is 2. The average Bonchev–Trinajstić information content (AvgIpc) is 2.50. The topological polar surface area (TPSA) is 21.3 Å². The van der Waals surface area contributed by atoms with E-state index in [1.165, 1.54) is 24.8 Å². The molecule has 3 heteroatoms. The van der Waals surface area contributed by atoms with Gasteiger partial charge in [0.2, 0.25) is 0 Å². The number of aryl methyl sites for hydroxylation is 1. The van der Waals surface area contributed by atoms with E-state index in [-0.39, 0.29) is 0 Å². The van der Waals surface area contributed by atoms with Crippen molar-refractivity contribution in [1.29, 1.82) is 0 Å². The van der Waals surface area contributed by atoms with Crippen LogP contribution in [0.4, 0.5) is 5.69 Å². The van der Waals surface area contributed by atoms with Gasteiger partial charge in [-0.05, 0) is 54.9 Å². The molecular formula is C18H21NOS. The summed E-state index contributed by atoms with van der Waals surface area (Å²) in [7, 11) is 0. The molecule has 2 aromatic rings. The van der Waals surface area contributed by atoms with E-state index >= 15 is 0 Å². The highest BCUT2D eigenvalue weighted by Gasteiger charge is 2.01. The molecule has 0 amide bonds. The van der Waals surface area contributed by atoms with Crippen LogP contribution in [0.3, 0.4) is 0 Å². The second-order valence-electron chi connectivity index (χ2n) is 4.98. The first-order valence-corrected chi connectivity index (χ1v) is 7.81. The van der Waals surface area contributed by atoms with Crippen LogP contribution < -0.4 is 10.1 Å². The molecule has 0 heterocycles. The molecule has 0 aliphatic heterocycles. The van der Waals surface area contributed by atoms with Gasteiger partial charge in [-0.25, -0.2) is 0 Å². The fourth-order valence-electron chi connectivity index (χ4n) is 2.08. The van der Waals surface area contributed by atoms with E-state index < -0.39 is 0 Å². The van der Waals surface area contributed by atoms with E-state index in [9.17, 15) is 0 Å². The van der Waals surface area contributed by atoms with Crippen molar-refractivity contribution in [1.82, 2.24) is 0 Å². The lowest BCUT2D eigenvalue weighted by Gasteiger charge is -2.10. The summed E-state index contributed by atoms with van der Waals surface area (Å²) in [6.45, 7) is 2.22. The smallest absolute Gasteiger partial charge is 0.266 e. The lowest BCUT2D eigenvalue weighted by Crippen LogP contribution is -2.16. The summed E-state index contributed by atoms with van der Waals surface area (Å²) in [5.41, 5.74) is 2.27. The highest BCUT2D eigenvalue weighted by Crippen LogP contribution is 2.15. The number of thiocarbonyl (C=S) groups is 1. The van der Waals surface area contributed by atoms with Gasteiger partial charge in [-0.15, -0.1) is 0 Å². The molecule has 0 spiro atoms. The van der Waals surface area contributed by atoms with Crippen molar-refractivity contribution in [3.63, 3.8) is 0 Å². The van der Waals surface area contributed by atoms with Gasteiger partial charge in [0.25, 0.3) is 5.17 Å². The van der Waals surface area contributed by atoms with Crippen LogP contribution >= 0.6 is 12.2 Å². The van der Waals surface area contributed by atoms with Crippen molar-refractivity contribution in [3.05, 3.63) is 60.2 Å². The minimum Gasteiger partial charge on any atom is -0.432 e. The molecule has 2 aromatic carbocycles. The maximum Gasteiger partial charge on any atom is 0.266 e. The first kappa shape index (κ1) is 15.5. The van der Waals surface area contributed by atoms with E-state index in [4.69, 9.17) is 17.0 Å². The summed E-state index contributed by atoms with van der Waals surface area (Å²) in [5.74, 6) is 0.766. The van der Waals surface area contributed by atoms with Crippen LogP contribution in [0.5, 0.6) is 5.75 Å². The minimum atomic E-state index is 0.361. The molecule has 0 radical (unpaired) electrons. The van der Waals surface area contributed by atoms with E-state index in [2.05, 4.69) is 24.4 Å². The van der Waals surface area contributed by atoms with Gasteiger partial charge >= 0.3 is 0 Å². The van der Waals surface area contributed by atoms with Crippen LogP contribution in [0.15, 0.2) is 54.6 Å². The Morgan fingerprint density at radius 2 is 1.71 bits per heavy atom. The molecule has 0 aliphatic rings. The Labute approximate surface area is 132 Å². The van der Waals surface area contributed by atoms with Crippen molar-refractivity contribution in [3.8, 4) is 5.75 Å². The summed E-state index contributed by atoms with van der Waals surface area (Å²) in [5, 5.41) is 3.42. The zero-order valence-electron chi connectivity index (χ0n) is 12.3. The molecule has 0 saturated heterocycles. The van der Waals surface area contributed by atoms with Crippen LogP contribution in [0.2, 0.25) is 0 Å². The molecule has 2 nitrogen and oxygen atoms in total. The molecular weight excluding hydrogens is 278 g/mol. The number of rotatable bonds is 6. The third-order valence-corrected chi connectivity index (χ3v) is 3.41. The second kappa shape index (κ2) is 8.42. The van der Waals surface area contributed by atoms with Gasteiger partial charge in [0.05, 0.1) is 0 Å².